The minimum atomic E-state index is -0.547. The molecule has 17 heavy (non-hydrogen) atoms. The Morgan fingerprint density at radius 1 is 1.18 bits per heavy atom. The zero-order valence-electron chi connectivity index (χ0n) is 11.1. The van der Waals surface area contributed by atoms with Crippen LogP contribution in [0.4, 0.5) is 0 Å². The van der Waals surface area contributed by atoms with Gasteiger partial charge in [-0.3, -0.25) is 0 Å². The van der Waals surface area contributed by atoms with Crippen molar-refractivity contribution in [2.24, 2.45) is 0 Å². The van der Waals surface area contributed by atoms with Crippen LogP contribution >= 0.6 is 0 Å². The Labute approximate surface area is 103 Å². The lowest BCUT2D eigenvalue weighted by Crippen LogP contribution is -2.36. The van der Waals surface area contributed by atoms with E-state index in [0.29, 0.717) is 6.54 Å². The Bertz CT molecular complexity index is 363. The maximum atomic E-state index is 10.2. The van der Waals surface area contributed by atoms with Gasteiger partial charge in [-0.25, -0.2) is 0 Å². The average Bonchev–Trinajstić information content (AvgIpc) is 2.25. The van der Waals surface area contributed by atoms with Gasteiger partial charge in [0, 0.05) is 12.6 Å². The topological polar surface area (TPSA) is 52.5 Å². The normalized spacial score (nSPS) is 16.6. The maximum Gasteiger partial charge on any atom is 0.0942 e. The Kier molecular flexibility index (Phi) is 5.12. The molecule has 0 bridgehead atoms. The van der Waals surface area contributed by atoms with E-state index in [2.05, 4.69) is 11.4 Å². The van der Waals surface area contributed by atoms with Crippen molar-refractivity contribution in [2.75, 3.05) is 6.54 Å². The van der Waals surface area contributed by atoms with Gasteiger partial charge in [0.2, 0.25) is 0 Å². The van der Waals surface area contributed by atoms with E-state index in [0.717, 1.165) is 11.1 Å². The largest absolute Gasteiger partial charge is 0.392 e. The molecule has 0 aliphatic carbocycles. The third-order valence-corrected chi connectivity index (χ3v) is 2.95. The van der Waals surface area contributed by atoms with Crippen molar-refractivity contribution < 1.29 is 10.2 Å². The smallest absolute Gasteiger partial charge is 0.0942 e. The van der Waals surface area contributed by atoms with Crippen LogP contribution in [0.3, 0.4) is 0 Å². The standard InChI is InChI=1S/C14H23NO2/c1-9-5-6-13(10(2)7-9)14(17)12(4)15-8-11(3)16/h5-7,11-12,14-17H,8H2,1-4H3. The summed E-state index contributed by atoms with van der Waals surface area (Å²) in [5.74, 6) is 0. The summed E-state index contributed by atoms with van der Waals surface area (Å²) < 4.78 is 0. The highest BCUT2D eigenvalue weighted by molar-refractivity contribution is 5.32. The number of aryl methyl sites for hydroxylation is 2. The molecule has 96 valence electrons. The fraction of sp³-hybridized carbons (Fsp3) is 0.571. The number of nitrogens with one attached hydrogen (secondary N) is 1. The molecule has 1 aromatic carbocycles. The van der Waals surface area contributed by atoms with E-state index in [4.69, 9.17) is 0 Å². The summed E-state index contributed by atoms with van der Waals surface area (Å²) in [5.41, 5.74) is 3.24. The first-order valence-corrected chi connectivity index (χ1v) is 6.08. The number of hydrogen-bond acceptors (Lipinski definition) is 3. The minimum Gasteiger partial charge on any atom is -0.392 e. The zero-order valence-corrected chi connectivity index (χ0v) is 11.1. The SMILES string of the molecule is Cc1ccc(C(O)C(C)NCC(C)O)c(C)c1. The summed E-state index contributed by atoms with van der Waals surface area (Å²) in [4.78, 5) is 0. The Morgan fingerprint density at radius 2 is 1.82 bits per heavy atom. The minimum absolute atomic E-state index is 0.0778. The summed E-state index contributed by atoms with van der Waals surface area (Å²) in [6.45, 7) is 8.18. The van der Waals surface area contributed by atoms with Crippen molar-refractivity contribution in [1.29, 1.82) is 0 Å². The quantitative estimate of drug-likeness (QED) is 0.730. The van der Waals surface area contributed by atoms with Gasteiger partial charge < -0.3 is 15.5 Å². The van der Waals surface area contributed by atoms with Crippen LogP contribution < -0.4 is 5.32 Å². The Balaban J connectivity index is 2.71. The molecule has 0 aromatic heterocycles. The van der Waals surface area contributed by atoms with E-state index >= 15 is 0 Å². The maximum absolute atomic E-state index is 10.2. The van der Waals surface area contributed by atoms with Gasteiger partial charge in [0.15, 0.2) is 0 Å². The second-order valence-corrected chi connectivity index (χ2v) is 4.85. The first-order valence-electron chi connectivity index (χ1n) is 6.08. The van der Waals surface area contributed by atoms with Crippen LogP contribution in [0.25, 0.3) is 0 Å². The van der Waals surface area contributed by atoms with Crippen molar-refractivity contribution in [3.63, 3.8) is 0 Å². The molecule has 0 amide bonds. The third kappa shape index (κ3) is 4.11. The first-order chi connectivity index (χ1) is 7.91. The highest BCUT2D eigenvalue weighted by Crippen LogP contribution is 2.21. The summed E-state index contributed by atoms with van der Waals surface area (Å²) in [5, 5.41) is 22.6. The number of hydrogen-bond donors (Lipinski definition) is 3. The molecule has 0 saturated heterocycles. The van der Waals surface area contributed by atoms with Crippen LogP contribution in [0.1, 0.15) is 36.6 Å². The van der Waals surface area contributed by atoms with E-state index in [1.807, 2.05) is 32.9 Å². The van der Waals surface area contributed by atoms with Crippen molar-refractivity contribution >= 4 is 0 Å². The molecule has 3 heteroatoms. The second kappa shape index (κ2) is 6.15. The third-order valence-electron chi connectivity index (χ3n) is 2.95. The number of aliphatic hydroxyl groups excluding tert-OH is 2. The predicted molar refractivity (Wildman–Crippen MR) is 70.0 cm³/mol. The van der Waals surface area contributed by atoms with Crippen LogP contribution in [0, 0.1) is 13.8 Å². The summed E-state index contributed by atoms with van der Waals surface area (Å²) >= 11 is 0. The highest BCUT2D eigenvalue weighted by atomic mass is 16.3. The molecule has 1 aromatic rings. The van der Waals surface area contributed by atoms with Gasteiger partial charge in [-0.2, -0.15) is 0 Å². The lowest BCUT2D eigenvalue weighted by atomic mass is 9.97. The second-order valence-electron chi connectivity index (χ2n) is 4.85. The molecular weight excluding hydrogens is 214 g/mol. The molecule has 0 aliphatic rings. The van der Waals surface area contributed by atoms with Crippen molar-refractivity contribution in [3.8, 4) is 0 Å². The van der Waals surface area contributed by atoms with E-state index < -0.39 is 12.2 Å². The number of rotatable bonds is 5. The highest BCUT2D eigenvalue weighted by Gasteiger charge is 2.17. The molecule has 0 radical (unpaired) electrons. The lowest BCUT2D eigenvalue weighted by Gasteiger charge is -2.23. The van der Waals surface area contributed by atoms with Gasteiger partial charge in [0.1, 0.15) is 0 Å². The lowest BCUT2D eigenvalue weighted by molar-refractivity contribution is 0.120. The van der Waals surface area contributed by atoms with Gasteiger partial charge in [-0.15, -0.1) is 0 Å². The van der Waals surface area contributed by atoms with Crippen molar-refractivity contribution in [2.45, 2.75) is 45.9 Å². The molecule has 0 heterocycles. The van der Waals surface area contributed by atoms with Gasteiger partial charge in [0.25, 0.3) is 0 Å². The van der Waals surface area contributed by atoms with Gasteiger partial charge in [0.05, 0.1) is 12.2 Å². The van der Waals surface area contributed by atoms with Crippen LogP contribution in [-0.2, 0) is 0 Å². The van der Waals surface area contributed by atoms with Crippen LogP contribution in [0.15, 0.2) is 18.2 Å². The van der Waals surface area contributed by atoms with E-state index in [9.17, 15) is 10.2 Å². The molecule has 3 unspecified atom stereocenters. The number of benzene rings is 1. The fourth-order valence-corrected chi connectivity index (χ4v) is 1.89. The molecule has 3 atom stereocenters. The van der Waals surface area contributed by atoms with Crippen LogP contribution in [-0.4, -0.2) is 28.9 Å². The zero-order chi connectivity index (χ0) is 13.0. The van der Waals surface area contributed by atoms with Crippen LogP contribution in [0.5, 0.6) is 0 Å². The molecular formula is C14H23NO2. The summed E-state index contributed by atoms with van der Waals surface area (Å²) in [7, 11) is 0. The van der Waals surface area contributed by atoms with E-state index in [1.54, 1.807) is 6.92 Å². The van der Waals surface area contributed by atoms with Gasteiger partial charge in [-0.05, 0) is 38.8 Å². The molecule has 0 saturated carbocycles. The first kappa shape index (κ1) is 14.2. The van der Waals surface area contributed by atoms with Gasteiger partial charge >= 0.3 is 0 Å². The molecule has 0 fully saturated rings. The molecule has 3 N–H and O–H groups in total. The Morgan fingerprint density at radius 3 is 2.35 bits per heavy atom. The van der Waals surface area contributed by atoms with Gasteiger partial charge in [-0.1, -0.05) is 23.8 Å². The van der Waals surface area contributed by atoms with Crippen LogP contribution in [0.2, 0.25) is 0 Å². The summed E-state index contributed by atoms with van der Waals surface area (Å²) in [6, 6.07) is 5.97. The molecule has 0 spiro atoms. The van der Waals surface area contributed by atoms with E-state index in [1.165, 1.54) is 5.56 Å². The molecule has 0 aliphatic heterocycles. The average molecular weight is 237 g/mol. The monoisotopic (exact) mass is 237 g/mol. The molecule has 1 rings (SSSR count). The van der Waals surface area contributed by atoms with Crippen molar-refractivity contribution in [3.05, 3.63) is 34.9 Å². The number of aliphatic hydroxyl groups is 2. The molecule has 3 nitrogen and oxygen atoms in total. The predicted octanol–water partition coefficient (Wildman–Crippen LogP) is 1.70. The summed E-state index contributed by atoms with van der Waals surface area (Å²) in [6.07, 6.45) is -0.946. The fourth-order valence-electron chi connectivity index (χ4n) is 1.89. The Hall–Kier alpha value is -0.900. The van der Waals surface area contributed by atoms with E-state index in [-0.39, 0.29) is 6.04 Å². The van der Waals surface area contributed by atoms with Crippen molar-refractivity contribution in [1.82, 2.24) is 5.32 Å².